The van der Waals surface area contributed by atoms with E-state index in [0.717, 1.165) is 68.7 Å². The van der Waals surface area contributed by atoms with Crippen LogP contribution in [0.3, 0.4) is 0 Å². The number of carbonyl (C=O) groups excluding carboxylic acids is 1. The fourth-order valence-electron chi connectivity index (χ4n) is 4.14. The molecule has 5 nitrogen and oxygen atoms in total. The number of nitrogens with zero attached hydrogens (tertiary/aromatic N) is 2. The molecule has 164 valence electrons. The third-order valence-corrected chi connectivity index (χ3v) is 6.07. The molecule has 3 aromatic rings. The molecule has 0 bridgehead atoms. The topological polar surface area (TPSA) is 51.4 Å². The SMILES string of the molecule is O=C(CCl)N1CCN(Cc2cccc(CCCNc3c[nH]c4ccc(F)cc34)c2)CC1. The van der Waals surface area contributed by atoms with E-state index in [0.29, 0.717) is 0 Å². The van der Waals surface area contributed by atoms with Crippen molar-refractivity contribution in [2.75, 3.05) is 43.9 Å². The number of piperazine rings is 1. The molecular weight excluding hydrogens is 415 g/mol. The van der Waals surface area contributed by atoms with E-state index < -0.39 is 0 Å². The highest BCUT2D eigenvalue weighted by atomic mass is 35.5. The summed E-state index contributed by atoms with van der Waals surface area (Å²) in [6, 6.07) is 13.5. The smallest absolute Gasteiger partial charge is 0.237 e. The molecule has 0 atom stereocenters. The lowest BCUT2D eigenvalue weighted by atomic mass is 10.1. The molecule has 0 spiro atoms. The minimum atomic E-state index is -0.223. The van der Waals surface area contributed by atoms with E-state index in [-0.39, 0.29) is 17.6 Å². The van der Waals surface area contributed by atoms with Gasteiger partial charge in [0.25, 0.3) is 0 Å². The molecule has 0 saturated carbocycles. The first-order valence-electron chi connectivity index (χ1n) is 10.8. The summed E-state index contributed by atoms with van der Waals surface area (Å²) in [6.45, 7) is 4.97. The average Bonchev–Trinajstić information content (AvgIpc) is 3.19. The summed E-state index contributed by atoms with van der Waals surface area (Å²) in [6.07, 6.45) is 3.87. The average molecular weight is 443 g/mol. The summed E-state index contributed by atoms with van der Waals surface area (Å²) in [5.41, 5.74) is 4.49. The molecule has 2 N–H and O–H groups in total. The predicted octanol–water partition coefficient (Wildman–Crippen LogP) is 4.23. The van der Waals surface area contributed by atoms with Gasteiger partial charge in [0.1, 0.15) is 11.7 Å². The Balaban J connectivity index is 1.24. The number of amides is 1. The first kappa shape index (κ1) is 21.7. The maximum atomic E-state index is 13.5. The van der Waals surface area contributed by atoms with E-state index in [4.69, 9.17) is 11.6 Å². The summed E-state index contributed by atoms with van der Waals surface area (Å²) in [5.74, 6) is -0.137. The number of anilines is 1. The Morgan fingerprint density at radius 2 is 1.90 bits per heavy atom. The number of rotatable bonds is 8. The van der Waals surface area contributed by atoms with Crippen LogP contribution in [0, 0.1) is 5.82 Å². The van der Waals surface area contributed by atoms with Crippen LogP contribution in [0.4, 0.5) is 10.1 Å². The molecule has 0 aliphatic carbocycles. The van der Waals surface area contributed by atoms with Gasteiger partial charge < -0.3 is 15.2 Å². The molecule has 1 fully saturated rings. The molecule has 2 aromatic carbocycles. The number of halogens is 2. The van der Waals surface area contributed by atoms with Gasteiger partial charge in [-0.1, -0.05) is 24.3 Å². The van der Waals surface area contributed by atoms with Gasteiger partial charge in [0, 0.05) is 56.4 Å². The van der Waals surface area contributed by atoms with Crippen LogP contribution >= 0.6 is 11.6 Å². The van der Waals surface area contributed by atoms with Crippen molar-refractivity contribution in [2.24, 2.45) is 0 Å². The van der Waals surface area contributed by atoms with Crippen LogP contribution in [0.5, 0.6) is 0 Å². The Labute approximate surface area is 187 Å². The molecule has 2 heterocycles. The highest BCUT2D eigenvalue weighted by Crippen LogP contribution is 2.24. The minimum absolute atomic E-state index is 0.0229. The lowest BCUT2D eigenvalue weighted by Gasteiger charge is -2.34. The molecule has 1 aromatic heterocycles. The molecule has 0 unspecified atom stereocenters. The lowest BCUT2D eigenvalue weighted by Crippen LogP contribution is -2.48. The highest BCUT2D eigenvalue weighted by Gasteiger charge is 2.20. The Kier molecular flexibility index (Phi) is 7.10. The molecule has 1 saturated heterocycles. The van der Waals surface area contributed by atoms with Crippen molar-refractivity contribution < 1.29 is 9.18 Å². The van der Waals surface area contributed by atoms with Crippen LogP contribution < -0.4 is 5.32 Å². The number of H-pyrrole nitrogens is 1. The van der Waals surface area contributed by atoms with Crippen LogP contribution in [0.25, 0.3) is 10.9 Å². The summed E-state index contributed by atoms with van der Waals surface area (Å²) < 4.78 is 13.5. The van der Waals surface area contributed by atoms with Crippen molar-refractivity contribution in [1.82, 2.24) is 14.8 Å². The third kappa shape index (κ3) is 5.57. The Morgan fingerprint density at radius 1 is 1.10 bits per heavy atom. The van der Waals surface area contributed by atoms with Crippen LogP contribution in [0.15, 0.2) is 48.7 Å². The van der Waals surface area contributed by atoms with Gasteiger partial charge in [-0.2, -0.15) is 0 Å². The quantitative estimate of drug-likeness (QED) is 0.405. The van der Waals surface area contributed by atoms with Gasteiger partial charge in [0.2, 0.25) is 5.91 Å². The Morgan fingerprint density at radius 3 is 2.71 bits per heavy atom. The largest absolute Gasteiger partial charge is 0.383 e. The molecule has 1 aliphatic rings. The molecule has 1 amide bonds. The first-order chi connectivity index (χ1) is 15.1. The monoisotopic (exact) mass is 442 g/mol. The van der Waals surface area contributed by atoms with E-state index >= 15 is 0 Å². The number of aromatic amines is 1. The number of aryl methyl sites for hydroxylation is 1. The van der Waals surface area contributed by atoms with Crippen molar-refractivity contribution in [3.8, 4) is 0 Å². The molecule has 1 aliphatic heterocycles. The van der Waals surface area contributed by atoms with E-state index in [1.165, 1.54) is 17.2 Å². The van der Waals surface area contributed by atoms with E-state index in [9.17, 15) is 9.18 Å². The number of hydrogen-bond acceptors (Lipinski definition) is 3. The standard InChI is InChI=1S/C24H28ClFN4O/c25-15-24(31)30-11-9-29(10-12-30)17-19-4-1-3-18(13-19)5-2-8-27-23-16-28-22-7-6-20(26)14-21(22)23/h1,3-4,6-7,13-14,16,27-28H,2,5,8-12,15,17H2. The molecule has 0 radical (unpaired) electrons. The predicted molar refractivity (Wildman–Crippen MR) is 124 cm³/mol. The van der Waals surface area contributed by atoms with Crippen molar-refractivity contribution in [3.63, 3.8) is 0 Å². The van der Waals surface area contributed by atoms with Crippen LogP contribution in [0.2, 0.25) is 0 Å². The molecule has 4 rings (SSSR count). The Hall–Kier alpha value is -2.57. The maximum Gasteiger partial charge on any atom is 0.237 e. The molecule has 31 heavy (non-hydrogen) atoms. The number of alkyl halides is 1. The van der Waals surface area contributed by atoms with Gasteiger partial charge in [-0.15, -0.1) is 11.6 Å². The summed E-state index contributed by atoms with van der Waals surface area (Å²) in [5, 5.41) is 4.30. The lowest BCUT2D eigenvalue weighted by molar-refractivity contribution is -0.130. The van der Waals surface area contributed by atoms with Crippen molar-refractivity contribution in [1.29, 1.82) is 0 Å². The number of fused-ring (bicyclic) bond motifs is 1. The number of aromatic nitrogens is 1. The first-order valence-corrected chi connectivity index (χ1v) is 11.3. The number of nitrogens with one attached hydrogen (secondary N) is 2. The normalized spacial score (nSPS) is 14.8. The van der Waals surface area contributed by atoms with Crippen LogP contribution in [0.1, 0.15) is 17.5 Å². The zero-order valence-electron chi connectivity index (χ0n) is 17.5. The highest BCUT2D eigenvalue weighted by molar-refractivity contribution is 6.27. The fourth-order valence-corrected chi connectivity index (χ4v) is 4.31. The van der Waals surface area contributed by atoms with Gasteiger partial charge in [0.15, 0.2) is 0 Å². The zero-order valence-corrected chi connectivity index (χ0v) is 18.3. The number of carbonyl (C=O) groups is 1. The fraction of sp³-hybridized carbons (Fsp3) is 0.375. The molecular formula is C24H28ClFN4O. The summed E-state index contributed by atoms with van der Waals surface area (Å²) in [4.78, 5) is 19.1. The minimum Gasteiger partial charge on any atom is -0.383 e. The van der Waals surface area contributed by atoms with Crippen LogP contribution in [-0.4, -0.2) is 59.3 Å². The third-order valence-electron chi connectivity index (χ3n) is 5.84. The second-order valence-electron chi connectivity index (χ2n) is 8.03. The van der Waals surface area contributed by atoms with Gasteiger partial charge >= 0.3 is 0 Å². The van der Waals surface area contributed by atoms with E-state index in [1.807, 2.05) is 11.1 Å². The number of hydrogen-bond donors (Lipinski definition) is 2. The van der Waals surface area contributed by atoms with Gasteiger partial charge in [0.05, 0.1) is 5.69 Å². The zero-order chi connectivity index (χ0) is 21.6. The maximum absolute atomic E-state index is 13.5. The summed E-state index contributed by atoms with van der Waals surface area (Å²) in [7, 11) is 0. The van der Waals surface area contributed by atoms with E-state index in [1.54, 1.807) is 12.1 Å². The molecule has 7 heteroatoms. The number of benzene rings is 2. The van der Waals surface area contributed by atoms with Crippen molar-refractivity contribution in [3.05, 3.63) is 65.6 Å². The van der Waals surface area contributed by atoms with Crippen molar-refractivity contribution >= 4 is 34.1 Å². The summed E-state index contributed by atoms with van der Waals surface area (Å²) >= 11 is 5.66. The van der Waals surface area contributed by atoms with Gasteiger partial charge in [-0.05, 0) is 42.2 Å². The van der Waals surface area contributed by atoms with Gasteiger partial charge in [-0.25, -0.2) is 4.39 Å². The van der Waals surface area contributed by atoms with Crippen molar-refractivity contribution in [2.45, 2.75) is 19.4 Å². The second kappa shape index (κ2) is 10.2. The van der Waals surface area contributed by atoms with E-state index in [2.05, 4.69) is 39.5 Å². The van der Waals surface area contributed by atoms with Crippen LogP contribution in [-0.2, 0) is 17.8 Å². The van der Waals surface area contributed by atoms with Gasteiger partial charge in [-0.3, -0.25) is 9.69 Å². The Bertz CT molecular complexity index is 1030. The second-order valence-corrected chi connectivity index (χ2v) is 8.30.